The molecule has 5 aliphatic rings. The molecule has 4 aliphatic carbocycles. The normalized spacial score (nSPS) is 45.1. The van der Waals surface area contributed by atoms with Crippen LogP contribution in [0.3, 0.4) is 0 Å². The predicted molar refractivity (Wildman–Crippen MR) is 82.9 cm³/mol. The minimum atomic E-state index is 0.327. The maximum absolute atomic E-state index is 8.92. The summed E-state index contributed by atoms with van der Waals surface area (Å²) in [7, 11) is 0. The van der Waals surface area contributed by atoms with E-state index < -0.39 is 0 Å². The van der Waals surface area contributed by atoms with Crippen LogP contribution < -0.4 is 0 Å². The van der Waals surface area contributed by atoms with Gasteiger partial charge in [-0.1, -0.05) is 20.3 Å². The SMILES string of the molecule is CCC1(C)CCN(C(=N)C23CC4CC(CC2C4)C3)CC1. The number of piperidine rings is 1. The Morgan fingerprint density at radius 2 is 1.70 bits per heavy atom. The Kier molecular flexibility index (Phi) is 2.79. The summed E-state index contributed by atoms with van der Waals surface area (Å²) in [6, 6.07) is 0. The van der Waals surface area contributed by atoms with Gasteiger partial charge in [-0.15, -0.1) is 0 Å². The minimum Gasteiger partial charge on any atom is -0.360 e. The van der Waals surface area contributed by atoms with E-state index in [1.165, 1.54) is 51.4 Å². The third-order valence-electron chi connectivity index (χ3n) is 7.60. The van der Waals surface area contributed by atoms with Crippen LogP contribution in [-0.2, 0) is 0 Å². The van der Waals surface area contributed by atoms with Crippen molar-refractivity contribution in [1.82, 2.24) is 4.90 Å². The summed E-state index contributed by atoms with van der Waals surface area (Å²) in [4.78, 5) is 2.47. The van der Waals surface area contributed by atoms with Gasteiger partial charge in [0, 0.05) is 18.5 Å². The lowest BCUT2D eigenvalue weighted by atomic mass is 9.73. The Bertz CT molecular complexity index is 405. The first-order chi connectivity index (χ1) is 9.55. The zero-order chi connectivity index (χ0) is 14.0. The molecule has 2 nitrogen and oxygen atoms in total. The maximum Gasteiger partial charge on any atom is 0.102 e. The Morgan fingerprint density at radius 1 is 1.10 bits per heavy atom. The van der Waals surface area contributed by atoms with Crippen molar-refractivity contribution in [2.45, 2.75) is 65.2 Å². The molecule has 4 bridgehead atoms. The molecule has 2 atom stereocenters. The monoisotopic (exact) mass is 274 g/mol. The second-order valence-corrected chi connectivity index (χ2v) is 8.70. The average molecular weight is 274 g/mol. The van der Waals surface area contributed by atoms with Crippen LogP contribution in [0, 0.1) is 34.0 Å². The van der Waals surface area contributed by atoms with Crippen molar-refractivity contribution in [2.24, 2.45) is 28.6 Å². The van der Waals surface area contributed by atoms with Crippen molar-refractivity contribution in [3.8, 4) is 0 Å². The van der Waals surface area contributed by atoms with E-state index in [9.17, 15) is 0 Å². The van der Waals surface area contributed by atoms with Crippen LogP contribution in [0.2, 0.25) is 0 Å². The molecule has 2 unspecified atom stereocenters. The van der Waals surface area contributed by atoms with Crippen LogP contribution >= 0.6 is 0 Å². The summed E-state index contributed by atoms with van der Waals surface area (Å²) in [5.74, 6) is 3.88. The molecule has 1 saturated heterocycles. The number of likely N-dealkylation sites (tertiary alicyclic amines) is 1. The first kappa shape index (κ1) is 13.2. The van der Waals surface area contributed by atoms with Crippen molar-refractivity contribution >= 4 is 5.84 Å². The fourth-order valence-electron chi connectivity index (χ4n) is 6.12. The molecule has 112 valence electrons. The van der Waals surface area contributed by atoms with E-state index >= 15 is 0 Å². The summed E-state index contributed by atoms with van der Waals surface area (Å²) in [6.07, 6.45) is 11.0. The third kappa shape index (κ3) is 1.72. The van der Waals surface area contributed by atoms with Gasteiger partial charge in [0.2, 0.25) is 0 Å². The molecule has 0 aromatic heterocycles. The van der Waals surface area contributed by atoms with E-state index in [2.05, 4.69) is 18.7 Å². The van der Waals surface area contributed by atoms with Crippen LogP contribution in [0.5, 0.6) is 0 Å². The van der Waals surface area contributed by atoms with Gasteiger partial charge in [-0.2, -0.15) is 0 Å². The molecule has 1 N–H and O–H groups in total. The molecular weight excluding hydrogens is 244 g/mol. The summed E-state index contributed by atoms with van der Waals surface area (Å²) in [5, 5.41) is 8.92. The first-order valence-electron chi connectivity index (χ1n) is 8.89. The number of hydrogen-bond acceptors (Lipinski definition) is 1. The topological polar surface area (TPSA) is 27.1 Å². The van der Waals surface area contributed by atoms with Gasteiger partial charge < -0.3 is 4.90 Å². The van der Waals surface area contributed by atoms with Gasteiger partial charge in [-0.25, -0.2) is 0 Å². The first-order valence-corrected chi connectivity index (χ1v) is 8.89. The maximum atomic E-state index is 8.92. The van der Waals surface area contributed by atoms with Gasteiger partial charge in [-0.3, -0.25) is 5.41 Å². The van der Waals surface area contributed by atoms with Crippen molar-refractivity contribution < 1.29 is 0 Å². The quantitative estimate of drug-likeness (QED) is 0.590. The molecule has 0 aromatic carbocycles. The Balaban J connectivity index is 1.49. The summed E-state index contributed by atoms with van der Waals surface area (Å²) >= 11 is 0. The lowest BCUT2D eigenvalue weighted by molar-refractivity contribution is 0.145. The zero-order valence-electron chi connectivity index (χ0n) is 13.3. The number of nitrogens with one attached hydrogen (secondary N) is 1. The highest BCUT2D eigenvalue weighted by Gasteiger charge is 2.60. The molecule has 4 saturated carbocycles. The van der Waals surface area contributed by atoms with Crippen molar-refractivity contribution in [3.63, 3.8) is 0 Å². The van der Waals surface area contributed by atoms with Gasteiger partial charge in [0.1, 0.15) is 5.84 Å². The molecule has 0 radical (unpaired) electrons. The van der Waals surface area contributed by atoms with E-state index in [0.29, 0.717) is 10.8 Å². The fourth-order valence-corrected chi connectivity index (χ4v) is 6.12. The van der Waals surface area contributed by atoms with Crippen molar-refractivity contribution in [2.75, 3.05) is 13.1 Å². The minimum absolute atomic E-state index is 0.327. The molecule has 2 heteroatoms. The van der Waals surface area contributed by atoms with Gasteiger partial charge >= 0.3 is 0 Å². The number of nitrogens with zero attached hydrogens (tertiary/aromatic N) is 1. The molecular formula is C18H30N2. The lowest BCUT2D eigenvalue weighted by Gasteiger charge is -2.45. The summed E-state index contributed by atoms with van der Waals surface area (Å²) in [6.45, 7) is 7.06. The number of amidine groups is 1. The summed E-state index contributed by atoms with van der Waals surface area (Å²) in [5.41, 5.74) is 0.870. The van der Waals surface area contributed by atoms with Crippen LogP contribution in [0.25, 0.3) is 0 Å². The van der Waals surface area contributed by atoms with E-state index in [0.717, 1.165) is 36.7 Å². The predicted octanol–water partition coefficient (Wildman–Crippen LogP) is 4.30. The van der Waals surface area contributed by atoms with E-state index in [-0.39, 0.29) is 0 Å². The van der Waals surface area contributed by atoms with E-state index in [1.54, 1.807) is 0 Å². The van der Waals surface area contributed by atoms with Gasteiger partial charge in [-0.05, 0) is 68.1 Å². The van der Waals surface area contributed by atoms with Crippen LogP contribution in [-0.4, -0.2) is 23.8 Å². The fraction of sp³-hybridized carbons (Fsp3) is 0.944. The smallest absolute Gasteiger partial charge is 0.102 e. The Hall–Kier alpha value is -0.530. The molecule has 20 heavy (non-hydrogen) atoms. The van der Waals surface area contributed by atoms with Crippen LogP contribution in [0.4, 0.5) is 0 Å². The second kappa shape index (κ2) is 4.24. The highest BCUT2D eigenvalue weighted by Crippen LogP contribution is 2.66. The van der Waals surface area contributed by atoms with E-state index in [1.807, 2.05) is 0 Å². The second-order valence-electron chi connectivity index (χ2n) is 8.70. The Labute approximate surface area is 123 Å². The highest BCUT2D eigenvalue weighted by atomic mass is 15.2. The third-order valence-corrected chi connectivity index (χ3v) is 7.60. The van der Waals surface area contributed by atoms with Crippen LogP contribution in [0.15, 0.2) is 0 Å². The zero-order valence-corrected chi connectivity index (χ0v) is 13.3. The lowest BCUT2D eigenvalue weighted by Crippen LogP contribution is -2.49. The standard InChI is InChI=1S/C18H30N2/c1-3-17(2)4-6-20(7-5-17)16(19)18-11-13-8-14(12-18)10-15(18)9-13/h13-15,19H,3-12H2,1-2H3. The number of rotatable bonds is 2. The van der Waals surface area contributed by atoms with Gasteiger partial charge in [0.25, 0.3) is 0 Å². The van der Waals surface area contributed by atoms with Gasteiger partial charge in [0.05, 0.1) is 0 Å². The molecule has 1 heterocycles. The van der Waals surface area contributed by atoms with Crippen molar-refractivity contribution in [1.29, 1.82) is 5.41 Å². The molecule has 0 spiro atoms. The Morgan fingerprint density at radius 3 is 2.25 bits per heavy atom. The molecule has 5 fully saturated rings. The molecule has 5 rings (SSSR count). The average Bonchev–Trinajstić information content (AvgIpc) is 2.85. The summed E-state index contributed by atoms with van der Waals surface area (Å²) < 4.78 is 0. The highest BCUT2D eigenvalue weighted by molar-refractivity contribution is 5.87. The number of hydrogen-bond donors (Lipinski definition) is 1. The van der Waals surface area contributed by atoms with Gasteiger partial charge in [0.15, 0.2) is 0 Å². The molecule has 1 aliphatic heterocycles. The molecule has 0 amide bonds. The molecule has 0 aromatic rings. The largest absolute Gasteiger partial charge is 0.360 e. The van der Waals surface area contributed by atoms with Crippen LogP contribution in [0.1, 0.15) is 65.2 Å². The van der Waals surface area contributed by atoms with Crippen molar-refractivity contribution in [3.05, 3.63) is 0 Å². The van der Waals surface area contributed by atoms with E-state index in [4.69, 9.17) is 5.41 Å².